The summed E-state index contributed by atoms with van der Waals surface area (Å²) >= 11 is 0. The quantitative estimate of drug-likeness (QED) is 0.476. The van der Waals surface area contributed by atoms with Crippen molar-refractivity contribution in [3.8, 4) is 5.75 Å². The third kappa shape index (κ3) is 3.28. The van der Waals surface area contributed by atoms with Gasteiger partial charge in [-0.2, -0.15) is 0 Å². The van der Waals surface area contributed by atoms with E-state index < -0.39 is 0 Å². The number of H-pyrrole nitrogens is 1. The first-order chi connectivity index (χ1) is 11.8. The number of benzene rings is 2. The van der Waals surface area contributed by atoms with Gasteiger partial charge in [0.05, 0.1) is 12.6 Å². The SMILES string of the molecule is CCCCCCc1ccc2[nH]c3cc(OC)ccc3c2c1CCC. The second-order valence-corrected chi connectivity index (χ2v) is 6.72. The smallest absolute Gasteiger partial charge is 0.120 e. The number of hydrogen-bond acceptors (Lipinski definition) is 1. The van der Waals surface area contributed by atoms with Crippen LogP contribution in [0.5, 0.6) is 5.75 Å². The molecule has 2 aromatic carbocycles. The first-order valence-electron chi connectivity index (χ1n) is 9.38. The molecule has 0 unspecified atom stereocenters. The van der Waals surface area contributed by atoms with Gasteiger partial charge in [0.25, 0.3) is 0 Å². The molecule has 0 atom stereocenters. The fourth-order valence-electron chi connectivity index (χ4n) is 3.73. The first kappa shape index (κ1) is 16.9. The normalized spacial score (nSPS) is 11.5. The minimum Gasteiger partial charge on any atom is -0.497 e. The lowest BCUT2D eigenvalue weighted by molar-refractivity contribution is 0.415. The molecule has 0 amide bonds. The Morgan fingerprint density at radius 1 is 0.875 bits per heavy atom. The molecule has 1 N–H and O–H groups in total. The summed E-state index contributed by atoms with van der Waals surface area (Å²) in [6, 6.07) is 11.0. The maximum atomic E-state index is 5.38. The summed E-state index contributed by atoms with van der Waals surface area (Å²) in [6.45, 7) is 4.55. The lowest BCUT2D eigenvalue weighted by Crippen LogP contribution is -1.96. The molecule has 2 heteroatoms. The van der Waals surface area contributed by atoms with E-state index in [-0.39, 0.29) is 0 Å². The zero-order valence-electron chi connectivity index (χ0n) is 15.2. The molecule has 3 aromatic rings. The van der Waals surface area contributed by atoms with Crippen molar-refractivity contribution in [3.05, 3.63) is 41.5 Å². The van der Waals surface area contributed by atoms with Crippen molar-refractivity contribution >= 4 is 21.8 Å². The number of unbranched alkanes of at least 4 members (excludes halogenated alkanes) is 3. The van der Waals surface area contributed by atoms with Crippen LogP contribution >= 0.6 is 0 Å². The van der Waals surface area contributed by atoms with Crippen LogP contribution in [0.4, 0.5) is 0 Å². The molecule has 24 heavy (non-hydrogen) atoms. The molecule has 128 valence electrons. The van der Waals surface area contributed by atoms with E-state index in [0.717, 1.165) is 12.2 Å². The van der Waals surface area contributed by atoms with Gasteiger partial charge in [0.15, 0.2) is 0 Å². The van der Waals surface area contributed by atoms with Gasteiger partial charge in [-0.3, -0.25) is 0 Å². The summed E-state index contributed by atoms with van der Waals surface area (Å²) in [7, 11) is 1.72. The van der Waals surface area contributed by atoms with E-state index in [4.69, 9.17) is 4.74 Å². The maximum absolute atomic E-state index is 5.38. The minimum atomic E-state index is 0.908. The van der Waals surface area contributed by atoms with E-state index in [1.165, 1.54) is 65.9 Å². The predicted molar refractivity (Wildman–Crippen MR) is 104 cm³/mol. The Hall–Kier alpha value is -1.96. The predicted octanol–water partition coefficient (Wildman–Crippen LogP) is 6.41. The van der Waals surface area contributed by atoms with Gasteiger partial charge in [0.2, 0.25) is 0 Å². The van der Waals surface area contributed by atoms with E-state index >= 15 is 0 Å². The molecule has 0 spiro atoms. The van der Waals surface area contributed by atoms with Gasteiger partial charge in [-0.15, -0.1) is 0 Å². The van der Waals surface area contributed by atoms with Crippen LogP contribution in [0.1, 0.15) is 57.1 Å². The highest BCUT2D eigenvalue weighted by Crippen LogP contribution is 2.33. The summed E-state index contributed by atoms with van der Waals surface area (Å²) in [5, 5.41) is 2.74. The summed E-state index contributed by atoms with van der Waals surface area (Å²) in [4.78, 5) is 3.58. The summed E-state index contributed by atoms with van der Waals surface area (Å²) in [5.74, 6) is 0.908. The lowest BCUT2D eigenvalue weighted by Gasteiger charge is -2.11. The molecule has 0 saturated heterocycles. The number of rotatable bonds is 8. The topological polar surface area (TPSA) is 25.0 Å². The van der Waals surface area contributed by atoms with E-state index in [9.17, 15) is 0 Å². The molecule has 0 radical (unpaired) electrons. The highest BCUT2D eigenvalue weighted by Gasteiger charge is 2.13. The summed E-state index contributed by atoms with van der Waals surface area (Å²) in [5.41, 5.74) is 5.50. The molecule has 0 aliphatic rings. The van der Waals surface area contributed by atoms with Crippen molar-refractivity contribution in [1.29, 1.82) is 0 Å². The number of aryl methyl sites for hydroxylation is 2. The second kappa shape index (κ2) is 7.74. The molecule has 1 heterocycles. The molecule has 2 nitrogen and oxygen atoms in total. The van der Waals surface area contributed by atoms with Gasteiger partial charge in [-0.05, 0) is 48.6 Å². The molecular formula is C22H29NO. The van der Waals surface area contributed by atoms with Crippen LogP contribution in [0.3, 0.4) is 0 Å². The lowest BCUT2D eigenvalue weighted by atomic mass is 9.93. The molecule has 0 fully saturated rings. The fraction of sp³-hybridized carbons (Fsp3) is 0.455. The van der Waals surface area contributed by atoms with Crippen LogP contribution < -0.4 is 4.74 Å². The fourth-order valence-corrected chi connectivity index (χ4v) is 3.73. The Bertz CT molecular complexity index is 816. The molecule has 0 aliphatic heterocycles. The van der Waals surface area contributed by atoms with Crippen LogP contribution in [-0.2, 0) is 12.8 Å². The van der Waals surface area contributed by atoms with Crippen molar-refractivity contribution in [2.45, 2.75) is 58.8 Å². The third-order valence-electron chi connectivity index (χ3n) is 4.97. The number of ether oxygens (including phenoxy) is 1. The largest absolute Gasteiger partial charge is 0.497 e. The molecule has 0 bridgehead atoms. The van der Waals surface area contributed by atoms with E-state index in [1.807, 2.05) is 0 Å². The number of aromatic nitrogens is 1. The Kier molecular flexibility index (Phi) is 5.44. The highest BCUT2D eigenvalue weighted by atomic mass is 16.5. The molecule has 3 rings (SSSR count). The van der Waals surface area contributed by atoms with Gasteiger partial charge >= 0.3 is 0 Å². The Balaban J connectivity index is 2.06. The standard InChI is InChI=1S/C22H29NO/c1-4-6-7-8-10-16-11-14-20-22(18(16)9-5-2)19-13-12-17(24-3)15-21(19)23-20/h11-15,23H,4-10H2,1-3H3. The molecule has 0 saturated carbocycles. The second-order valence-electron chi connectivity index (χ2n) is 6.72. The Morgan fingerprint density at radius 2 is 1.75 bits per heavy atom. The number of nitrogens with one attached hydrogen (secondary N) is 1. The van der Waals surface area contributed by atoms with Gasteiger partial charge in [-0.1, -0.05) is 45.6 Å². The minimum absolute atomic E-state index is 0.908. The van der Waals surface area contributed by atoms with Crippen molar-refractivity contribution in [2.24, 2.45) is 0 Å². The molecule has 0 aliphatic carbocycles. The van der Waals surface area contributed by atoms with Crippen LogP contribution in [-0.4, -0.2) is 12.1 Å². The molecule has 1 aromatic heterocycles. The molecular weight excluding hydrogens is 294 g/mol. The van der Waals surface area contributed by atoms with Crippen molar-refractivity contribution in [1.82, 2.24) is 4.98 Å². The van der Waals surface area contributed by atoms with Gasteiger partial charge in [0, 0.05) is 22.4 Å². The number of aromatic amines is 1. The van der Waals surface area contributed by atoms with Gasteiger partial charge in [0.1, 0.15) is 5.75 Å². The summed E-state index contributed by atoms with van der Waals surface area (Å²) in [6.07, 6.45) is 8.82. The van der Waals surface area contributed by atoms with Crippen LogP contribution in [0.15, 0.2) is 30.3 Å². The average molecular weight is 323 g/mol. The van der Waals surface area contributed by atoms with Crippen LogP contribution in [0, 0.1) is 0 Å². The number of hydrogen-bond donors (Lipinski definition) is 1. The first-order valence-corrected chi connectivity index (χ1v) is 9.38. The van der Waals surface area contributed by atoms with E-state index in [1.54, 1.807) is 12.7 Å². The maximum Gasteiger partial charge on any atom is 0.120 e. The van der Waals surface area contributed by atoms with Gasteiger partial charge < -0.3 is 9.72 Å². The Morgan fingerprint density at radius 3 is 2.50 bits per heavy atom. The number of methoxy groups -OCH3 is 1. The van der Waals surface area contributed by atoms with Crippen molar-refractivity contribution in [2.75, 3.05) is 7.11 Å². The van der Waals surface area contributed by atoms with Crippen molar-refractivity contribution < 1.29 is 4.74 Å². The summed E-state index contributed by atoms with van der Waals surface area (Å²) < 4.78 is 5.38. The van der Waals surface area contributed by atoms with E-state index in [2.05, 4.69) is 49.2 Å². The van der Waals surface area contributed by atoms with Crippen molar-refractivity contribution in [3.63, 3.8) is 0 Å². The van der Waals surface area contributed by atoms with Gasteiger partial charge in [-0.25, -0.2) is 0 Å². The Labute approximate surface area is 145 Å². The monoisotopic (exact) mass is 323 g/mol. The highest BCUT2D eigenvalue weighted by molar-refractivity contribution is 6.09. The third-order valence-corrected chi connectivity index (χ3v) is 4.97. The van der Waals surface area contributed by atoms with Crippen LogP contribution in [0.2, 0.25) is 0 Å². The zero-order chi connectivity index (χ0) is 16.9. The van der Waals surface area contributed by atoms with Crippen LogP contribution in [0.25, 0.3) is 21.8 Å². The average Bonchev–Trinajstić information content (AvgIpc) is 2.98. The zero-order valence-corrected chi connectivity index (χ0v) is 15.2. The number of fused-ring (bicyclic) bond motifs is 3. The van der Waals surface area contributed by atoms with E-state index in [0.29, 0.717) is 0 Å².